The average molecular weight is 214 g/mol. The van der Waals surface area contributed by atoms with Gasteiger partial charge in [0, 0.05) is 12.0 Å². The summed E-state index contributed by atoms with van der Waals surface area (Å²) in [4.78, 5) is 11.5. The van der Waals surface area contributed by atoms with Crippen LogP contribution >= 0.6 is 0 Å². The van der Waals surface area contributed by atoms with E-state index in [0.29, 0.717) is 12.0 Å². The molecular formula is C14H14O2. The number of hydrogen-bond acceptors (Lipinski definition) is 2. The molecule has 0 aromatic heterocycles. The van der Waals surface area contributed by atoms with E-state index in [9.17, 15) is 4.79 Å². The summed E-state index contributed by atoms with van der Waals surface area (Å²) >= 11 is 0. The Balaban J connectivity index is 2.95. The second-order valence-corrected chi connectivity index (χ2v) is 3.18. The number of carbonyl (C=O) groups is 1. The summed E-state index contributed by atoms with van der Waals surface area (Å²) in [5.74, 6) is 5.30. The molecule has 16 heavy (non-hydrogen) atoms. The van der Waals surface area contributed by atoms with Gasteiger partial charge in [0.15, 0.2) is 0 Å². The van der Waals surface area contributed by atoms with Gasteiger partial charge in [-0.1, -0.05) is 36.3 Å². The summed E-state index contributed by atoms with van der Waals surface area (Å²) < 4.78 is 4.71. The number of rotatable bonds is 3. The third-order valence-corrected chi connectivity index (χ3v) is 2.04. The van der Waals surface area contributed by atoms with E-state index in [1.54, 1.807) is 13.0 Å². The molecular weight excluding hydrogens is 200 g/mol. The Labute approximate surface area is 95.9 Å². The van der Waals surface area contributed by atoms with Gasteiger partial charge >= 0.3 is 5.97 Å². The van der Waals surface area contributed by atoms with Crippen LogP contribution in [0.3, 0.4) is 0 Å². The summed E-state index contributed by atoms with van der Waals surface area (Å²) in [5.41, 5.74) is 1.55. The van der Waals surface area contributed by atoms with Crippen molar-refractivity contribution in [2.45, 2.75) is 13.3 Å². The third-order valence-electron chi connectivity index (χ3n) is 2.04. The molecule has 0 aliphatic heterocycles. The highest BCUT2D eigenvalue weighted by atomic mass is 16.5. The predicted octanol–water partition coefficient (Wildman–Crippen LogP) is 2.66. The number of ether oxygens (including phenoxy) is 1. The van der Waals surface area contributed by atoms with Gasteiger partial charge in [0.1, 0.15) is 0 Å². The first-order valence-electron chi connectivity index (χ1n) is 5.01. The third kappa shape index (κ3) is 3.62. The molecule has 0 N–H and O–H groups in total. The fourth-order valence-electron chi connectivity index (χ4n) is 1.25. The lowest BCUT2D eigenvalue weighted by atomic mass is 10.1. The minimum Gasteiger partial charge on any atom is -0.466 e. The summed E-state index contributed by atoms with van der Waals surface area (Å²) in [6, 6.07) is 9.64. The van der Waals surface area contributed by atoms with Gasteiger partial charge in [-0.15, -0.1) is 5.92 Å². The highest BCUT2D eigenvalue weighted by Gasteiger charge is 2.07. The average Bonchev–Trinajstić information content (AvgIpc) is 2.34. The molecule has 82 valence electrons. The first kappa shape index (κ1) is 12.1. The maximum Gasteiger partial charge on any atom is 0.334 e. The van der Waals surface area contributed by atoms with Gasteiger partial charge in [-0.2, -0.15) is 0 Å². The fourth-order valence-corrected chi connectivity index (χ4v) is 1.25. The van der Waals surface area contributed by atoms with E-state index in [4.69, 9.17) is 4.74 Å². The van der Waals surface area contributed by atoms with Crippen molar-refractivity contribution in [3.8, 4) is 11.8 Å². The predicted molar refractivity (Wildman–Crippen MR) is 64.5 cm³/mol. The largest absolute Gasteiger partial charge is 0.466 e. The molecule has 0 fully saturated rings. The standard InChI is InChI=1S/C14H14O2/c1-3-4-10-13(14(15)16-2)11-12-8-6-5-7-9-12/h5-9,11H,10H2,1-2H3/b13-11-. The van der Waals surface area contributed by atoms with E-state index in [0.717, 1.165) is 5.56 Å². The van der Waals surface area contributed by atoms with E-state index in [2.05, 4.69) is 11.8 Å². The molecule has 0 amide bonds. The van der Waals surface area contributed by atoms with Crippen LogP contribution in [0.4, 0.5) is 0 Å². The molecule has 0 bridgehead atoms. The van der Waals surface area contributed by atoms with Crippen LogP contribution in [0.25, 0.3) is 6.08 Å². The molecule has 1 aromatic rings. The van der Waals surface area contributed by atoms with E-state index in [1.807, 2.05) is 30.3 Å². The van der Waals surface area contributed by atoms with Crippen molar-refractivity contribution in [3.05, 3.63) is 41.5 Å². The van der Waals surface area contributed by atoms with E-state index >= 15 is 0 Å². The van der Waals surface area contributed by atoms with E-state index in [-0.39, 0.29) is 5.97 Å². The molecule has 1 aromatic carbocycles. The summed E-state index contributed by atoms with van der Waals surface area (Å²) in [6.45, 7) is 1.75. The number of methoxy groups -OCH3 is 1. The number of hydrogen-bond donors (Lipinski definition) is 0. The van der Waals surface area contributed by atoms with Crippen LogP contribution < -0.4 is 0 Å². The number of carbonyl (C=O) groups excluding carboxylic acids is 1. The van der Waals surface area contributed by atoms with Crippen LogP contribution in [0.5, 0.6) is 0 Å². The molecule has 2 nitrogen and oxygen atoms in total. The number of benzene rings is 1. The molecule has 0 atom stereocenters. The van der Waals surface area contributed by atoms with Gasteiger partial charge in [0.05, 0.1) is 7.11 Å². The van der Waals surface area contributed by atoms with Gasteiger partial charge < -0.3 is 4.74 Å². The minimum atomic E-state index is -0.327. The van der Waals surface area contributed by atoms with E-state index in [1.165, 1.54) is 7.11 Å². The normalized spacial score (nSPS) is 10.2. The molecule has 0 unspecified atom stereocenters. The fraction of sp³-hybridized carbons (Fsp3) is 0.214. The lowest BCUT2D eigenvalue weighted by Crippen LogP contribution is -2.04. The van der Waals surface area contributed by atoms with E-state index < -0.39 is 0 Å². The maximum atomic E-state index is 11.5. The van der Waals surface area contributed by atoms with Crippen molar-refractivity contribution in [3.63, 3.8) is 0 Å². The van der Waals surface area contributed by atoms with Crippen molar-refractivity contribution in [1.29, 1.82) is 0 Å². The van der Waals surface area contributed by atoms with Crippen LogP contribution in [0.1, 0.15) is 18.9 Å². The lowest BCUT2D eigenvalue weighted by molar-refractivity contribution is -0.136. The highest BCUT2D eigenvalue weighted by Crippen LogP contribution is 2.10. The first-order chi connectivity index (χ1) is 7.77. The smallest absolute Gasteiger partial charge is 0.334 e. The summed E-state index contributed by atoms with van der Waals surface area (Å²) in [6.07, 6.45) is 2.22. The van der Waals surface area contributed by atoms with Gasteiger partial charge in [-0.25, -0.2) is 4.79 Å². The highest BCUT2D eigenvalue weighted by molar-refractivity contribution is 5.94. The molecule has 1 rings (SSSR count). The Morgan fingerprint density at radius 2 is 2.06 bits per heavy atom. The Morgan fingerprint density at radius 3 is 2.62 bits per heavy atom. The van der Waals surface area contributed by atoms with Gasteiger partial charge in [0.2, 0.25) is 0 Å². The first-order valence-corrected chi connectivity index (χ1v) is 5.01. The topological polar surface area (TPSA) is 26.3 Å². The van der Waals surface area contributed by atoms with Crippen molar-refractivity contribution in [1.82, 2.24) is 0 Å². The van der Waals surface area contributed by atoms with Crippen LogP contribution in [-0.2, 0) is 9.53 Å². The van der Waals surface area contributed by atoms with Gasteiger partial charge in [-0.05, 0) is 18.6 Å². The Hall–Kier alpha value is -2.01. The van der Waals surface area contributed by atoms with Crippen molar-refractivity contribution >= 4 is 12.0 Å². The zero-order valence-electron chi connectivity index (χ0n) is 9.49. The molecule has 0 saturated heterocycles. The SMILES string of the molecule is CC#CC/C(=C/c1ccccc1)C(=O)OC. The Kier molecular flexibility index (Phi) is 4.88. The van der Waals surface area contributed by atoms with Crippen LogP contribution in [-0.4, -0.2) is 13.1 Å². The van der Waals surface area contributed by atoms with Crippen molar-refractivity contribution in [2.24, 2.45) is 0 Å². The number of esters is 1. The molecule has 0 heterocycles. The zero-order chi connectivity index (χ0) is 11.8. The monoisotopic (exact) mass is 214 g/mol. The van der Waals surface area contributed by atoms with Crippen molar-refractivity contribution in [2.75, 3.05) is 7.11 Å². The minimum absolute atomic E-state index is 0.327. The Bertz CT molecular complexity index is 433. The van der Waals surface area contributed by atoms with Crippen molar-refractivity contribution < 1.29 is 9.53 Å². The van der Waals surface area contributed by atoms with Crippen LogP contribution in [0.2, 0.25) is 0 Å². The molecule has 0 spiro atoms. The lowest BCUT2D eigenvalue weighted by Gasteiger charge is -2.01. The molecule has 0 aliphatic carbocycles. The second kappa shape index (κ2) is 6.47. The zero-order valence-corrected chi connectivity index (χ0v) is 9.49. The second-order valence-electron chi connectivity index (χ2n) is 3.18. The van der Waals surface area contributed by atoms with Crippen LogP contribution in [0.15, 0.2) is 35.9 Å². The summed E-state index contributed by atoms with van der Waals surface area (Å²) in [7, 11) is 1.38. The molecule has 0 saturated carbocycles. The molecule has 0 aliphatic rings. The quantitative estimate of drug-likeness (QED) is 0.439. The molecule has 2 heteroatoms. The molecule has 0 radical (unpaired) electrons. The maximum absolute atomic E-state index is 11.5. The van der Waals surface area contributed by atoms with Gasteiger partial charge in [0.25, 0.3) is 0 Å². The summed E-state index contributed by atoms with van der Waals surface area (Å²) in [5, 5.41) is 0. The van der Waals surface area contributed by atoms with Crippen LogP contribution in [0, 0.1) is 11.8 Å². The van der Waals surface area contributed by atoms with Gasteiger partial charge in [-0.3, -0.25) is 0 Å². The Morgan fingerprint density at radius 1 is 1.38 bits per heavy atom.